The fraction of sp³-hybridized carbons (Fsp3) is 0.333. The highest BCUT2D eigenvalue weighted by atomic mass is 16.5. The summed E-state index contributed by atoms with van der Waals surface area (Å²) in [6, 6.07) is 17.9. The first kappa shape index (κ1) is 20.6. The molecule has 1 amide bonds. The molecule has 0 aliphatic carbocycles. The second-order valence-electron chi connectivity index (χ2n) is 7.22. The number of benzene rings is 2. The SMILES string of the molecule is CCOc1ccc(CCCNC(=O)c2ccc(Cn3nc(C)cc3C)cc2)cc1. The Balaban J connectivity index is 1.44. The van der Waals surface area contributed by atoms with Crippen molar-refractivity contribution in [3.05, 3.63) is 82.7 Å². The molecule has 1 heterocycles. The smallest absolute Gasteiger partial charge is 0.251 e. The van der Waals surface area contributed by atoms with Gasteiger partial charge in [0.2, 0.25) is 0 Å². The zero-order chi connectivity index (χ0) is 20.6. The molecular weight excluding hydrogens is 362 g/mol. The van der Waals surface area contributed by atoms with Crippen molar-refractivity contribution < 1.29 is 9.53 Å². The van der Waals surface area contributed by atoms with Crippen molar-refractivity contribution in [1.82, 2.24) is 15.1 Å². The van der Waals surface area contributed by atoms with Gasteiger partial charge in [0, 0.05) is 17.8 Å². The van der Waals surface area contributed by atoms with E-state index in [0.29, 0.717) is 25.3 Å². The molecule has 0 saturated heterocycles. The maximum absolute atomic E-state index is 12.4. The molecule has 0 aliphatic rings. The second kappa shape index (κ2) is 9.92. The number of nitrogens with zero attached hydrogens (tertiary/aromatic N) is 2. The van der Waals surface area contributed by atoms with Gasteiger partial charge in [0.25, 0.3) is 5.91 Å². The zero-order valence-electron chi connectivity index (χ0n) is 17.4. The maximum Gasteiger partial charge on any atom is 0.251 e. The molecule has 152 valence electrons. The van der Waals surface area contributed by atoms with Crippen LogP contribution >= 0.6 is 0 Å². The molecule has 0 fully saturated rings. The van der Waals surface area contributed by atoms with Crippen molar-refractivity contribution in [2.75, 3.05) is 13.2 Å². The molecule has 5 heteroatoms. The summed E-state index contributed by atoms with van der Waals surface area (Å²) in [4.78, 5) is 12.4. The van der Waals surface area contributed by atoms with E-state index in [1.807, 2.05) is 54.9 Å². The summed E-state index contributed by atoms with van der Waals surface area (Å²) < 4.78 is 7.43. The van der Waals surface area contributed by atoms with Gasteiger partial charge < -0.3 is 10.1 Å². The molecule has 0 aliphatic heterocycles. The molecule has 0 bridgehead atoms. The number of nitrogens with one attached hydrogen (secondary N) is 1. The molecule has 0 spiro atoms. The summed E-state index contributed by atoms with van der Waals surface area (Å²) >= 11 is 0. The van der Waals surface area contributed by atoms with Crippen LogP contribution in [0.15, 0.2) is 54.6 Å². The summed E-state index contributed by atoms with van der Waals surface area (Å²) in [5, 5.41) is 7.48. The lowest BCUT2D eigenvalue weighted by molar-refractivity contribution is 0.0953. The van der Waals surface area contributed by atoms with E-state index in [0.717, 1.165) is 35.5 Å². The minimum Gasteiger partial charge on any atom is -0.494 e. The van der Waals surface area contributed by atoms with Gasteiger partial charge in [-0.25, -0.2) is 0 Å². The van der Waals surface area contributed by atoms with E-state index in [1.54, 1.807) is 0 Å². The Bertz CT molecular complexity index is 928. The van der Waals surface area contributed by atoms with Crippen LogP contribution < -0.4 is 10.1 Å². The molecule has 29 heavy (non-hydrogen) atoms. The third kappa shape index (κ3) is 5.95. The van der Waals surface area contributed by atoms with Crippen molar-refractivity contribution in [3.63, 3.8) is 0 Å². The fourth-order valence-electron chi connectivity index (χ4n) is 3.28. The van der Waals surface area contributed by atoms with Gasteiger partial charge in [0.1, 0.15) is 5.75 Å². The van der Waals surface area contributed by atoms with Crippen LogP contribution in [0.1, 0.15) is 46.2 Å². The molecule has 0 radical (unpaired) electrons. The van der Waals surface area contributed by atoms with Crippen LogP contribution in [-0.4, -0.2) is 28.8 Å². The van der Waals surface area contributed by atoms with E-state index < -0.39 is 0 Å². The molecular formula is C24H29N3O2. The standard InChI is InChI=1S/C24H29N3O2/c1-4-29-23-13-9-20(10-14-23)6-5-15-25-24(28)22-11-7-21(8-12-22)17-27-19(3)16-18(2)26-27/h7-14,16H,4-6,15,17H2,1-3H3,(H,25,28). The molecule has 0 atom stereocenters. The van der Waals surface area contributed by atoms with Crippen molar-refractivity contribution in [2.24, 2.45) is 0 Å². The summed E-state index contributed by atoms with van der Waals surface area (Å²) in [7, 11) is 0. The third-order valence-corrected chi connectivity index (χ3v) is 4.81. The quantitative estimate of drug-likeness (QED) is 0.553. The Hall–Kier alpha value is -3.08. The van der Waals surface area contributed by atoms with Crippen LogP contribution in [0.5, 0.6) is 5.75 Å². The van der Waals surface area contributed by atoms with Crippen LogP contribution in [0.2, 0.25) is 0 Å². The number of ether oxygens (including phenoxy) is 1. The Morgan fingerprint density at radius 2 is 1.72 bits per heavy atom. The van der Waals surface area contributed by atoms with Crippen LogP contribution in [0.4, 0.5) is 0 Å². The highest BCUT2D eigenvalue weighted by molar-refractivity contribution is 5.94. The summed E-state index contributed by atoms with van der Waals surface area (Å²) in [5.74, 6) is 0.861. The van der Waals surface area contributed by atoms with Gasteiger partial charge in [-0.05, 0) is 75.1 Å². The summed E-state index contributed by atoms with van der Waals surface area (Å²) in [6.45, 7) is 8.06. The highest BCUT2D eigenvalue weighted by Gasteiger charge is 2.06. The molecule has 0 unspecified atom stereocenters. The lowest BCUT2D eigenvalue weighted by Crippen LogP contribution is -2.24. The molecule has 1 N–H and O–H groups in total. The number of hydrogen-bond acceptors (Lipinski definition) is 3. The molecule has 3 rings (SSSR count). The van der Waals surface area contributed by atoms with Crippen LogP contribution in [0.3, 0.4) is 0 Å². The van der Waals surface area contributed by atoms with Gasteiger partial charge in [-0.2, -0.15) is 5.10 Å². The predicted molar refractivity (Wildman–Crippen MR) is 116 cm³/mol. The highest BCUT2D eigenvalue weighted by Crippen LogP contribution is 2.13. The average molecular weight is 392 g/mol. The van der Waals surface area contributed by atoms with Gasteiger partial charge in [0.15, 0.2) is 0 Å². The molecule has 5 nitrogen and oxygen atoms in total. The monoisotopic (exact) mass is 391 g/mol. The van der Waals surface area contributed by atoms with Crippen LogP contribution in [0, 0.1) is 13.8 Å². The Morgan fingerprint density at radius 3 is 2.34 bits per heavy atom. The lowest BCUT2D eigenvalue weighted by atomic mass is 10.1. The van der Waals surface area contributed by atoms with Gasteiger partial charge in [-0.3, -0.25) is 9.48 Å². The van der Waals surface area contributed by atoms with Gasteiger partial charge in [-0.15, -0.1) is 0 Å². The second-order valence-corrected chi connectivity index (χ2v) is 7.22. The van der Waals surface area contributed by atoms with E-state index >= 15 is 0 Å². The molecule has 3 aromatic rings. The predicted octanol–water partition coefficient (Wildman–Crippen LogP) is 4.31. The van der Waals surface area contributed by atoms with Crippen molar-refractivity contribution in [1.29, 1.82) is 0 Å². The minimum absolute atomic E-state index is 0.0330. The first-order valence-electron chi connectivity index (χ1n) is 10.1. The van der Waals surface area contributed by atoms with Crippen molar-refractivity contribution in [2.45, 2.75) is 40.2 Å². The van der Waals surface area contributed by atoms with E-state index in [1.165, 1.54) is 5.56 Å². The normalized spacial score (nSPS) is 10.7. The van der Waals surface area contributed by atoms with Crippen molar-refractivity contribution in [3.8, 4) is 5.75 Å². The van der Waals surface area contributed by atoms with E-state index in [-0.39, 0.29) is 5.91 Å². The first-order chi connectivity index (χ1) is 14.0. The van der Waals surface area contributed by atoms with Crippen LogP contribution in [0.25, 0.3) is 0 Å². The Labute approximate surface area is 172 Å². The van der Waals surface area contributed by atoms with E-state index in [2.05, 4.69) is 35.5 Å². The van der Waals surface area contributed by atoms with Gasteiger partial charge in [-0.1, -0.05) is 24.3 Å². The Morgan fingerprint density at radius 1 is 1.03 bits per heavy atom. The first-order valence-corrected chi connectivity index (χ1v) is 10.1. The average Bonchev–Trinajstić information content (AvgIpc) is 3.04. The molecule has 2 aromatic carbocycles. The number of rotatable bonds is 9. The van der Waals surface area contributed by atoms with E-state index in [9.17, 15) is 4.79 Å². The molecule has 1 aromatic heterocycles. The lowest BCUT2D eigenvalue weighted by Gasteiger charge is -2.08. The maximum atomic E-state index is 12.4. The summed E-state index contributed by atoms with van der Waals surface area (Å²) in [6.07, 6.45) is 1.82. The van der Waals surface area contributed by atoms with E-state index in [4.69, 9.17) is 4.74 Å². The largest absolute Gasteiger partial charge is 0.494 e. The number of aromatic nitrogens is 2. The third-order valence-electron chi connectivity index (χ3n) is 4.81. The Kier molecular flexibility index (Phi) is 7.06. The minimum atomic E-state index is -0.0330. The van der Waals surface area contributed by atoms with Crippen LogP contribution in [-0.2, 0) is 13.0 Å². The summed E-state index contributed by atoms with van der Waals surface area (Å²) in [5.41, 5.74) is 5.21. The van der Waals surface area contributed by atoms with Crippen molar-refractivity contribution >= 4 is 5.91 Å². The van der Waals surface area contributed by atoms with Gasteiger partial charge >= 0.3 is 0 Å². The zero-order valence-corrected chi connectivity index (χ0v) is 17.4. The number of aryl methyl sites for hydroxylation is 3. The fourth-order valence-corrected chi connectivity index (χ4v) is 3.28. The number of hydrogen-bond donors (Lipinski definition) is 1. The van der Waals surface area contributed by atoms with Gasteiger partial charge in [0.05, 0.1) is 18.8 Å². The number of amides is 1. The topological polar surface area (TPSA) is 56.1 Å². The number of carbonyl (C=O) groups is 1. The number of carbonyl (C=O) groups excluding carboxylic acids is 1. The molecule has 0 saturated carbocycles.